The van der Waals surface area contributed by atoms with E-state index >= 15 is 0 Å². The van der Waals surface area contributed by atoms with Crippen LogP contribution in [0.3, 0.4) is 0 Å². The van der Waals surface area contributed by atoms with Gasteiger partial charge in [0, 0.05) is 5.56 Å². The van der Waals surface area contributed by atoms with Crippen molar-refractivity contribution in [1.82, 2.24) is 9.97 Å². The van der Waals surface area contributed by atoms with Gasteiger partial charge in [-0.2, -0.15) is 0 Å². The molecule has 2 N–H and O–H groups in total. The largest absolute Gasteiger partial charge is 0.507 e. The molecule has 1 unspecified atom stereocenters. The summed E-state index contributed by atoms with van der Waals surface area (Å²) in [5.41, 5.74) is 2.51. The van der Waals surface area contributed by atoms with Crippen LogP contribution in [0.15, 0.2) is 58.5 Å². The molecule has 3 heterocycles. The van der Waals surface area contributed by atoms with Crippen LogP contribution in [0.25, 0.3) is 16.8 Å². The minimum Gasteiger partial charge on any atom is -0.507 e. The SMILES string of the molecule is COc1cc(/C(O)=C2\C(=O)C(=O)N(c3nc4ccc(C)cc4[nH]3)C2c2ccc(C)o2)ccc1Cl. The zero-order valence-electron chi connectivity index (χ0n) is 18.5. The third-order valence-electron chi connectivity index (χ3n) is 5.75. The predicted molar refractivity (Wildman–Crippen MR) is 127 cm³/mol. The molecule has 4 aromatic rings. The van der Waals surface area contributed by atoms with E-state index in [0.717, 1.165) is 5.56 Å². The average Bonchev–Trinajstić information content (AvgIpc) is 3.49. The molecule has 0 spiro atoms. The highest BCUT2D eigenvalue weighted by molar-refractivity contribution is 6.51. The number of halogens is 1. The summed E-state index contributed by atoms with van der Waals surface area (Å²) in [4.78, 5) is 35.3. The van der Waals surface area contributed by atoms with Crippen LogP contribution in [0.5, 0.6) is 5.75 Å². The van der Waals surface area contributed by atoms with Crippen LogP contribution in [0, 0.1) is 13.8 Å². The summed E-state index contributed by atoms with van der Waals surface area (Å²) >= 11 is 6.11. The number of H-pyrrole nitrogens is 1. The molecule has 1 amide bonds. The van der Waals surface area contributed by atoms with Crippen molar-refractivity contribution in [3.05, 3.63) is 81.8 Å². The van der Waals surface area contributed by atoms with Crippen molar-refractivity contribution in [3.8, 4) is 5.75 Å². The molecule has 1 saturated heterocycles. The number of benzene rings is 2. The Hall–Kier alpha value is -4.04. The number of nitrogens with zero attached hydrogens (tertiary/aromatic N) is 2. The van der Waals surface area contributed by atoms with Gasteiger partial charge in [0.1, 0.15) is 29.1 Å². The number of nitrogens with one attached hydrogen (secondary N) is 1. The molecule has 1 fully saturated rings. The number of Topliss-reactive ketones (excluding diaryl/α,β-unsaturated/α-hetero) is 1. The molecule has 1 atom stereocenters. The maximum absolute atomic E-state index is 13.2. The van der Waals surface area contributed by atoms with Crippen LogP contribution >= 0.6 is 11.6 Å². The Balaban J connectivity index is 1.72. The molecule has 9 heteroatoms. The first-order chi connectivity index (χ1) is 16.3. The summed E-state index contributed by atoms with van der Waals surface area (Å²) in [6.07, 6.45) is 0. The summed E-state index contributed by atoms with van der Waals surface area (Å²) in [6, 6.07) is 12.6. The van der Waals surface area contributed by atoms with Gasteiger partial charge in [-0.1, -0.05) is 17.7 Å². The number of methoxy groups -OCH3 is 1. The van der Waals surface area contributed by atoms with Crippen LogP contribution < -0.4 is 9.64 Å². The molecule has 1 aliphatic rings. The number of hydrogen-bond acceptors (Lipinski definition) is 6. The van der Waals surface area contributed by atoms with E-state index in [-0.39, 0.29) is 22.8 Å². The lowest BCUT2D eigenvalue weighted by Gasteiger charge is -2.20. The molecule has 8 nitrogen and oxygen atoms in total. The van der Waals surface area contributed by atoms with E-state index in [0.29, 0.717) is 33.3 Å². The third-order valence-corrected chi connectivity index (χ3v) is 6.06. The standard InChI is InChI=1S/C25H20ClN3O5/c1-12-4-8-16-17(10-12)28-25(27-16)29-21(18-9-5-13(2)34-18)20(23(31)24(29)32)22(30)14-6-7-15(26)19(11-14)33-3/h4-11,21,30H,1-3H3,(H,27,28)/b22-20+. The number of anilines is 1. The number of ketones is 1. The van der Waals surface area contributed by atoms with Gasteiger partial charge in [-0.3, -0.25) is 14.5 Å². The topological polar surface area (TPSA) is 109 Å². The van der Waals surface area contributed by atoms with Gasteiger partial charge < -0.3 is 19.2 Å². The van der Waals surface area contributed by atoms with E-state index in [1.165, 1.54) is 18.1 Å². The van der Waals surface area contributed by atoms with Gasteiger partial charge in [0.15, 0.2) is 0 Å². The van der Waals surface area contributed by atoms with Gasteiger partial charge in [-0.25, -0.2) is 4.98 Å². The van der Waals surface area contributed by atoms with Gasteiger partial charge in [-0.05, 0) is 61.9 Å². The number of aromatic amines is 1. The Bertz CT molecular complexity index is 1500. The lowest BCUT2D eigenvalue weighted by Crippen LogP contribution is -2.30. The molecule has 0 saturated carbocycles. The highest BCUT2D eigenvalue weighted by Crippen LogP contribution is 2.42. The fourth-order valence-corrected chi connectivity index (χ4v) is 4.30. The Labute approximate surface area is 199 Å². The summed E-state index contributed by atoms with van der Waals surface area (Å²) in [5.74, 6) is -0.668. The van der Waals surface area contributed by atoms with E-state index in [9.17, 15) is 14.7 Å². The number of furan rings is 1. The van der Waals surface area contributed by atoms with Crippen molar-refractivity contribution in [2.45, 2.75) is 19.9 Å². The minimum atomic E-state index is -1.03. The number of rotatable bonds is 4. The highest BCUT2D eigenvalue weighted by Gasteiger charge is 2.49. The van der Waals surface area contributed by atoms with Gasteiger partial charge in [0.05, 0.1) is 28.7 Å². The summed E-state index contributed by atoms with van der Waals surface area (Å²) in [6.45, 7) is 3.70. The van der Waals surface area contributed by atoms with Gasteiger partial charge in [0.2, 0.25) is 5.95 Å². The average molecular weight is 478 g/mol. The number of hydrogen-bond donors (Lipinski definition) is 2. The number of carbonyl (C=O) groups excluding carboxylic acids is 2. The monoisotopic (exact) mass is 477 g/mol. The Kier molecular flexibility index (Phi) is 5.17. The maximum Gasteiger partial charge on any atom is 0.302 e. The third kappa shape index (κ3) is 3.43. The first kappa shape index (κ1) is 21.8. The van der Waals surface area contributed by atoms with Crippen molar-refractivity contribution in [1.29, 1.82) is 0 Å². The number of aryl methyl sites for hydroxylation is 2. The van der Waals surface area contributed by atoms with Gasteiger partial charge >= 0.3 is 5.91 Å². The zero-order chi connectivity index (χ0) is 24.1. The molecule has 0 bridgehead atoms. The minimum absolute atomic E-state index is 0.125. The number of aromatic nitrogens is 2. The fraction of sp³-hybridized carbons (Fsp3) is 0.160. The van der Waals surface area contributed by atoms with Gasteiger partial charge in [-0.15, -0.1) is 0 Å². The first-order valence-corrected chi connectivity index (χ1v) is 10.8. The number of ether oxygens (including phenoxy) is 1. The number of fused-ring (bicyclic) bond motifs is 1. The molecule has 0 radical (unpaired) electrons. The van der Waals surface area contributed by atoms with Crippen LogP contribution in [0.4, 0.5) is 5.95 Å². The first-order valence-electron chi connectivity index (χ1n) is 10.5. The van der Waals surface area contributed by atoms with E-state index < -0.39 is 17.7 Å². The van der Waals surface area contributed by atoms with E-state index in [2.05, 4.69) is 9.97 Å². The summed E-state index contributed by atoms with van der Waals surface area (Å²) < 4.78 is 11.0. The summed E-state index contributed by atoms with van der Waals surface area (Å²) in [7, 11) is 1.44. The van der Waals surface area contributed by atoms with Crippen LogP contribution in [0.1, 0.15) is 28.7 Å². The number of aliphatic hydroxyl groups is 1. The quantitative estimate of drug-likeness (QED) is 0.241. The molecule has 0 aliphatic carbocycles. The van der Waals surface area contributed by atoms with Crippen molar-refractivity contribution in [3.63, 3.8) is 0 Å². The second-order valence-electron chi connectivity index (χ2n) is 8.05. The molecule has 172 valence electrons. The van der Waals surface area contributed by atoms with Crippen LogP contribution in [0.2, 0.25) is 5.02 Å². The molecular formula is C25H20ClN3O5. The Morgan fingerprint density at radius 1 is 1.15 bits per heavy atom. The van der Waals surface area contributed by atoms with Crippen molar-refractivity contribution < 1.29 is 23.8 Å². The second kappa shape index (κ2) is 8.07. The number of carbonyl (C=O) groups is 2. The van der Waals surface area contributed by atoms with Crippen LogP contribution in [-0.2, 0) is 9.59 Å². The molecule has 34 heavy (non-hydrogen) atoms. The molecular weight excluding hydrogens is 458 g/mol. The lowest BCUT2D eigenvalue weighted by atomic mass is 9.99. The predicted octanol–water partition coefficient (Wildman–Crippen LogP) is 5.06. The van der Waals surface area contributed by atoms with E-state index in [1.54, 1.807) is 31.2 Å². The van der Waals surface area contributed by atoms with Crippen molar-refractivity contribution >= 4 is 46.0 Å². The maximum atomic E-state index is 13.2. The molecule has 2 aromatic heterocycles. The van der Waals surface area contributed by atoms with Crippen LogP contribution in [-0.4, -0.2) is 33.9 Å². The van der Waals surface area contributed by atoms with Crippen molar-refractivity contribution in [2.75, 3.05) is 12.0 Å². The highest BCUT2D eigenvalue weighted by atomic mass is 35.5. The fourth-order valence-electron chi connectivity index (χ4n) is 4.11. The smallest absolute Gasteiger partial charge is 0.302 e. The molecule has 2 aromatic carbocycles. The number of imidazole rings is 1. The van der Waals surface area contributed by atoms with E-state index in [1.807, 2.05) is 25.1 Å². The lowest BCUT2D eigenvalue weighted by molar-refractivity contribution is -0.132. The second-order valence-corrected chi connectivity index (χ2v) is 8.46. The number of aliphatic hydroxyl groups excluding tert-OH is 1. The zero-order valence-corrected chi connectivity index (χ0v) is 19.3. The molecule has 1 aliphatic heterocycles. The van der Waals surface area contributed by atoms with Gasteiger partial charge in [0.25, 0.3) is 5.78 Å². The number of amides is 1. The van der Waals surface area contributed by atoms with E-state index in [4.69, 9.17) is 20.8 Å². The van der Waals surface area contributed by atoms with Crippen molar-refractivity contribution in [2.24, 2.45) is 0 Å². The molecule has 5 rings (SSSR count). The Morgan fingerprint density at radius 3 is 2.65 bits per heavy atom. The summed E-state index contributed by atoms with van der Waals surface area (Å²) in [5, 5.41) is 11.6. The normalized spacial score (nSPS) is 17.6. The Morgan fingerprint density at radius 2 is 1.94 bits per heavy atom.